The molecule has 0 fully saturated rings. The van der Waals surface area contributed by atoms with Crippen molar-refractivity contribution in [3.05, 3.63) is 92.8 Å². The van der Waals surface area contributed by atoms with Crippen LogP contribution in [-0.4, -0.2) is 9.55 Å². The second-order valence-corrected chi connectivity index (χ2v) is 7.93. The standard InChI is InChI=1S/C20H13F3N2OS2/c21-14-3-1-12(2-4-14)10-25-19(26)18-17(7-8-27-18)24-20(25)28-11-13-9-15(22)5-6-16(13)23/h1-9H,10-11H2. The van der Waals surface area contributed by atoms with Crippen LogP contribution in [-0.2, 0) is 12.3 Å². The molecular weight excluding hydrogens is 405 g/mol. The Labute approximate surface area is 166 Å². The molecule has 2 aromatic heterocycles. The monoisotopic (exact) mass is 418 g/mol. The SMILES string of the molecule is O=c1c2sccc2nc(SCc2cc(F)ccc2F)n1Cc1ccc(F)cc1. The van der Waals surface area contributed by atoms with Crippen LogP contribution in [0.5, 0.6) is 0 Å². The van der Waals surface area contributed by atoms with Gasteiger partial charge in [-0.15, -0.1) is 11.3 Å². The Balaban J connectivity index is 1.72. The summed E-state index contributed by atoms with van der Waals surface area (Å²) in [6.07, 6.45) is 0. The minimum Gasteiger partial charge on any atom is -0.282 e. The van der Waals surface area contributed by atoms with Gasteiger partial charge in [0.05, 0.1) is 12.1 Å². The first-order valence-corrected chi connectivity index (χ1v) is 10.2. The minimum absolute atomic E-state index is 0.120. The van der Waals surface area contributed by atoms with E-state index in [-0.39, 0.29) is 29.2 Å². The molecule has 0 spiro atoms. The van der Waals surface area contributed by atoms with Gasteiger partial charge in [-0.3, -0.25) is 9.36 Å². The molecule has 0 bridgehead atoms. The van der Waals surface area contributed by atoms with Crippen molar-refractivity contribution in [3.63, 3.8) is 0 Å². The first-order valence-electron chi connectivity index (χ1n) is 8.30. The molecule has 0 unspecified atom stereocenters. The Morgan fingerprint density at radius 2 is 1.75 bits per heavy atom. The quantitative estimate of drug-likeness (QED) is 0.329. The summed E-state index contributed by atoms with van der Waals surface area (Å²) < 4.78 is 42.5. The Bertz CT molecular complexity index is 1200. The fraction of sp³-hybridized carbons (Fsp3) is 0.100. The Kier molecular flexibility index (Phi) is 5.23. The van der Waals surface area contributed by atoms with Crippen LogP contribution in [0.25, 0.3) is 10.2 Å². The van der Waals surface area contributed by atoms with Gasteiger partial charge in [0.2, 0.25) is 0 Å². The van der Waals surface area contributed by atoms with E-state index >= 15 is 0 Å². The van der Waals surface area contributed by atoms with Crippen LogP contribution in [0.2, 0.25) is 0 Å². The third kappa shape index (κ3) is 3.83. The number of nitrogens with zero attached hydrogens (tertiary/aromatic N) is 2. The van der Waals surface area contributed by atoms with Gasteiger partial charge in [-0.1, -0.05) is 23.9 Å². The van der Waals surface area contributed by atoms with E-state index in [0.717, 1.165) is 35.5 Å². The fourth-order valence-electron chi connectivity index (χ4n) is 2.74. The lowest BCUT2D eigenvalue weighted by Gasteiger charge is -2.12. The van der Waals surface area contributed by atoms with E-state index in [2.05, 4.69) is 4.98 Å². The van der Waals surface area contributed by atoms with Crippen molar-refractivity contribution < 1.29 is 13.2 Å². The normalized spacial score (nSPS) is 11.2. The van der Waals surface area contributed by atoms with Crippen LogP contribution in [0.15, 0.2) is 63.9 Å². The summed E-state index contributed by atoms with van der Waals surface area (Å²) in [6, 6.07) is 10.9. The minimum atomic E-state index is -0.526. The number of halogens is 3. The molecule has 8 heteroatoms. The van der Waals surface area contributed by atoms with E-state index in [1.165, 1.54) is 28.0 Å². The first kappa shape index (κ1) is 18.8. The number of thiophene rings is 1. The molecule has 2 heterocycles. The Hall–Kier alpha value is -2.58. The summed E-state index contributed by atoms with van der Waals surface area (Å²) in [7, 11) is 0. The second-order valence-electron chi connectivity index (χ2n) is 6.07. The maximum Gasteiger partial charge on any atom is 0.272 e. The van der Waals surface area contributed by atoms with Gasteiger partial charge in [-0.05, 0) is 47.3 Å². The third-order valence-corrected chi connectivity index (χ3v) is 6.07. The lowest BCUT2D eigenvalue weighted by molar-refractivity contribution is 0.591. The van der Waals surface area contributed by atoms with Crippen LogP contribution < -0.4 is 5.56 Å². The number of hydrogen-bond acceptors (Lipinski definition) is 4. The van der Waals surface area contributed by atoms with Crippen LogP contribution in [0.1, 0.15) is 11.1 Å². The maximum absolute atomic E-state index is 13.9. The number of aromatic nitrogens is 2. The Morgan fingerprint density at radius 3 is 2.54 bits per heavy atom. The number of hydrogen-bond donors (Lipinski definition) is 0. The van der Waals surface area contributed by atoms with Crippen LogP contribution in [0.3, 0.4) is 0 Å². The van der Waals surface area contributed by atoms with Crippen molar-refractivity contribution in [3.8, 4) is 0 Å². The molecule has 0 N–H and O–H groups in total. The van der Waals surface area contributed by atoms with Crippen molar-refractivity contribution in [2.45, 2.75) is 17.5 Å². The molecule has 0 atom stereocenters. The van der Waals surface area contributed by atoms with Gasteiger partial charge >= 0.3 is 0 Å². The Morgan fingerprint density at radius 1 is 1.00 bits per heavy atom. The smallest absolute Gasteiger partial charge is 0.272 e. The van der Waals surface area contributed by atoms with Crippen LogP contribution in [0, 0.1) is 17.5 Å². The molecule has 4 aromatic rings. The van der Waals surface area contributed by atoms with Gasteiger partial charge in [0.25, 0.3) is 5.56 Å². The third-order valence-electron chi connectivity index (χ3n) is 4.15. The number of thioether (sulfide) groups is 1. The fourth-order valence-corrected chi connectivity index (χ4v) is 4.49. The van der Waals surface area contributed by atoms with Crippen LogP contribution in [0.4, 0.5) is 13.2 Å². The zero-order valence-electron chi connectivity index (χ0n) is 14.4. The molecule has 0 aliphatic carbocycles. The lowest BCUT2D eigenvalue weighted by Crippen LogP contribution is -2.23. The molecule has 2 aromatic carbocycles. The average molecular weight is 418 g/mol. The van der Waals surface area contributed by atoms with E-state index in [0.29, 0.717) is 15.4 Å². The molecule has 3 nitrogen and oxygen atoms in total. The van der Waals surface area contributed by atoms with Gasteiger partial charge in [0.1, 0.15) is 22.2 Å². The molecular formula is C20H13F3N2OS2. The molecule has 0 saturated carbocycles. The highest BCUT2D eigenvalue weighted by molar-refractivity contribution is 7.98. The van der Waals surface area contributed by atoms with Gasteiger partial charge < -0.3 is 0 Å². The predicted octanol–water partition coefficient (Wildman–Crippen LogP) is 5.22. The predicted molar refractivity (Wildman–Crippen MR) is 105 cm³/mol. The van der Waals surface area contributed by atoms with E-state index < -0.39 is 11.6 Å². The summed E-state index contributed by atoms with van der Waals surface area (Å²) in [5.74, 6) is -1.28. The summed E-state index contributed by atoms with van der Waals surface area (Å²) in [4.78, 5) is 17.4. The summed E-state index contributed by atoms with van der Waals surface area (Å²) in [5.41, 5.74) is 1.28. The summed E-state index contributed by atoms with van der Waals surface area (Å²) in [5, 5.41) is 2.17. The largest absolute Gasteiger partial charge is 0.282 e. The van der Waals surface area contributed by atoms with Crippen molar-refractivity contribution >= 4 is 33.3 Å². The summed E-state index contributed by atoms with van der Waals surface area (Å²) >= 11 is 2.45. The van der Waals surface area contributed by atoms with Crippen molar-refractivity contribution in [2.75, 3.05) is 0 Å². The highest BCUT2D eigenvalue weighted by Crippen LogP contribution is 2.26. The molecule has 0 radical (unpaired) electrons. The number of rotatable bonds is 5. The van der Waals surface area contributed by atoms with Gasteiger partial charge in [-0.25, -0.2) is 18.2 Å². The van der Waals surface area contributed by atoms with E-state index in [1.54, 1.807) is 23.6 Å². The highest BCUT2D eigenvalue weighted by Gasteiger charge is 2.14. The van der Waals surface area contributed by atoms with Gasteiger partial charge in [-0.2, -0.15) is 0 Å². The zero-order valence-corrected chi connectivity index (χ0v) is 16.0. The van der Waals surface area contributed by atoms with Crippen molar-refractivity contribution in [1.82, 2.24) is 9.55 Å². The van der Waals surface area contributed by atoms with Gasteiger partial charge in [0.15, 0.2) is 5.16 Å². The second kappa shape index (κ2) is 7.81. The topological polar surface area (TPSA) is 34.9 Å². The maximum atomic E-state index is 13.9. The zero-order chi connectivity index (χ0) is 19.7. The first-order chi connectivity index (χ1) is 13.5. The number of fused-ring (bicyclic) bond motifs is 1. The van der Waals surface area contributed by atoms with Crippen molar-refractivity contribution in [2.24, 2.45) is 0 Å². The molecule has 0 amide bonds. The lowest BCUT2D eigenvalue weighted by atomic mass is 10.2. The van der Waals surface area contributed by atoms with Crippen LogP contribution >= 0.6 is 23.1 Å². The van der Waals surface area contributed by atoms with E-state index in [1.807, 2.05) is 0 Å². The summed E-state index contributed by atoms with van der Waals surface area (Å²) in [6.45, 7) is 0.202. The van der Waals surface area contributed by atoms with E-state index in [9.17, 15) is 18.0 Å². The molecule has 0 aliphatic rings. The van der Waals surface area contributed by atoms with Crippen molar-refractivity contribution in [1.29, 1.82) is 0 Å². The molecule has 28 heavy (non-hydrogen) atoms. The molecule has 142 valence electrons. The highest BCUT2D eigenvalue weighted by atomic mass is 32.2. The molecule has 0 aliphatic heterocycles. The average Bonchev–Trinajstić information content (AvgIpc) is 3.15. The molecule has 4 rings (SSSR count). The van der Waals surface area contributed by atoms with Gasteiger partial charge in [0, 0.05) is 11.3 Å². The number of benzene rings is 2. The van der Waals surface area contributed by atoms with E-state index in [4.69, 9.17) is 0 Å². The molecule has 0 saturated heterocycles.